The summed E-state index contributed by atoms with van der Waals surface area (Å²) in [5.41, 5.74) is 0. The van der Waals surface area contributed by atoms with Crippen molar-refractivity contribution in [1.29, 1.82) is 0 Å². The van der Waals surface area contributed by atoms with Gasteiger partial charge in [-0.05, 0) is 25.7 Å². The smallest absolute Gasteiger partial charge is 0.326 e. The van der Waals surface area contributed by atoms with Gasteiger partial charge in [-0.3, -0.25) is 9.59 Å². The molecule has 126 valence electrons. The van der Waals surface area contributed by atoms with Crippen molar-refractivity contribution in [3.8, 4) is 0 Å². The Balaban J connectivity index is 2.23. The van der Waals surface area contributed by atoms with Crippen LogP contribution in [0.5, 0.6) is 0 Å². The highest BCUT2D eigenvalue weighted by atomic mass is 32.2. The Hall–Kier alpha value is -1.24. The number of carbonyl (C=O) groups excluding carboxylic acids is 2. The Bertz CT molecular complexity index is 384. The van der Waals surface area contributed by atoms with E-state index in [9.17, 15) is 14.4 Å². The van der Waals surface area contributed by atoms with E-state index in [1.54, 1.807) is 0 Å². The lowest BCUT2D eigenvalue weighted by Crippen LogP contribution is -2.42. The Morgan fingerprint density at radius 3 is 2.45 bits per heavy atom. The highest BCUT2D eigenvalue weighted by Crippen LogP contribution is 2.11. The number of carboxylic acid groups (broad SMARTS) is 1. The van der Waals surface area contributed by atoms with Gasteiger partial charge in [0.15, 0.2) is 0 Å². The minimum absolute atomic E-state index is 0.0678. The van der Waals surface area contributed by atoms with Crippen LogP contribution in [0.25, 0.3) is 0 Å². The maximum Gasteiger partial charge on any atom is 0.326 e. The van der Waals surface area contributed by atoms with E-state index in [1.807, 2.05) is 11.8 Å². The average Bonchev–Trinajstić information content (AvgIpc) is 2.51. The number of carbonyl (C=O) groups is 3. The molecule has 0 spiro atoms. The molecule has 0 aromatic carbocycles. The number of amides is 2. The number of likely N-dealkylation sites (tertiary alicyclic amines) is 1. The number of thioether (sulfide) groups is 1. The third-order valence-corrected chi connectivity index (χ3v) is 4.56. The molecule has 1 fully saturated rings. The Morgan fingerprint density at radius 1 is 1.18 bits per heavy atom. The molecule has 1 heterocycles. The molecule has 0 aliphatic carbocycles. The Labute approximate surface area is 136 Å². The first-order chi connectivity index (χ1) is 10.5. The summed E-state index contributed by atoms with van der Waals surface area (Å²) in [6.45, 7) is 3.59. The molecule has 0 radical (unpaired) electrons. The van der Waals surface area contributed by atoms with Crippen LogP contribution < -0.4 is 5.32 Å². The van der Waals surface area contributed by atoms with E-state index in [1.165, 1.54) is 18.2 Å². The molecule has 0 aromatic rings. The summed E-state index contributed by atoms with van der Waals surface area (Å²) >= 11 is 1.24. The first-order valence-electron chi connectivity index (χ1n) is 7.92. The summed E-state index contributed by atoms with van der Waals surface area (Å²) < 4.78 is 0. The van der Waals surface area contributed by atoms with Crippen LogP contribution >= 0.6 is 11.8 Å². The Kier molecular flexibility index (Phi) is 8.96. The molecule has 0 aromatic heterocycles. The van der Waals surface area contributed by atoms with Crippen molar-refractivity contribution in [3.05, 3.63) is 0 Å². The van der Waals surface area contributed by atoms with Gasteiger partial charge < -0.3 is 15.3 Å². The maximum atomic E-state index is 11.9. The zero-order valence-electron chi connectivity index (χ0n) is 13.2. The number of unbranched alkanes of at least 4 members (excludes halogenated alkanes) is 1. The average molecular weight is 330 g/mol. The van der Waals surface area contributed by atoms with Gasteiger partial charge in [0.1, 0.15) is 6.04 Å². The fraction of sp³-hybridized carbons (Fsp3) is 0.800. The van der Waals surface area contributed by atoms with Gasteiger partial charge in [-0.1, -0.05) is 19.8 Å². The largest absolute Gasteiger partial charge is 0.480 e. The normalized spacial score (nSPS) is 16.1. The monoisotopic (exact) mass is 330 g/mol. The van der Waals surface area contributed by atoms with Crippen LogP contribution in [-0.2, 0) is 14.4 Å². The van der Waals surface area contributed by atoms with E-state index in [0.29, 0.717) is 6.42 Å². The van der Waals surface area contributed by atoms with E-state index >= 15 is 0 Å². The quantitative estimate of drug-likeness (QED) is 0.669. The molecule has 22 heavy (non-hydrogen) atoms. The third-order valence-electron chi connectivity index (χ3n) is 3.65. The van der Waals surface area contributed by atoms with Crippen LogP contribution in [-0.4, -0.2) is 58.4 Å². The lowest BCUT2D eigenvalue weighted by molar-refractivity contribution is -0.141. The standard InChI is InChI=1S/C15H26N2O4S/c1-2-3-7-12(15(20)21)16-13(18)10-22-11-14(19)17-8-5-4-6-9-17/h12H,2-11H2,1H3,(H,16,18)(H,20,21). The second kappa shape index (κ2) is 10.5. The summed E-state index contributed by atoms with van der Waals surface area (Å²) in [5.74, 6) is -0.857. The minimum Gasteiger partial charge on any atom is -0.480 e. The molecule has 2 N–H and O–H groups in total. The van der Waals surface area contributed by atoms with Crippen molar-refractivity contribution in [2.75, 3.05) is 24.6 Å². The topological polar surface area (TPSA) is 86.7 Å². The predicted octanol–water partition coefficient (Wildman–Crippen LogP) is 1.49. The van der Waals surface area contributed by atoms with Gasteiger partial charge in [-0.25, -0.2) is 4.79 Å². The van der Waals surface area contributed by atoms with E-state index in [4.69, 9.17) is 5.11 Å². The molecule has 1 aliphatic heterocycles. The fourth-order valence-corrected chi connectivity index (χ4v) is 3.10. The van der Waals surface area contributed by atoms with Gasteiger partial charge in [-0.2, -0.15) is 0 Å². The summed E-state index contributed by atoms with van der Waals surface area (Å²) in [5, 5.41) is 11.6. The van der Waals surface area contributed by atoms with Crippen molar-refractivity contribution >= 4 is 29.5 Å². The van der Waals surface area contributed by atoms with Crippen LogP contribution in [0.15, 0.2) is 0 Å². The number of hydrogen-bond donors (Lipinski definition) is 2. The van der Waals surface area contributed by atoms with Crippen LogP contribution in [0, 0.1) is 0 Å². The van der Waals surface area contributed by atoms with Crippen LogP contribution in [0.1, 0.15) is 45.4 Å². The summed E-state index contributed by atoms with van der Waals surface area (Å²) in [4.78, 5) is 36.6. The highest BCUT2D eigenvalue weighted by molar-refractivity contribution is 8.00. The van der Waals surface area contributed by atoms with Crippen LogP contribution in [0.4, 0.5) is 0 Å². The van der Waals surface area contributed by atoms with E-state index in [2.05, 4.69) is 5.32 Å². The first kappa shape index (κ1) is 18.8. The highest BCUT2D eigenvalue weighted by Gasteiger charge is 2.20. The maximum absolute atomic E-state index is 11.9. The van der Waals surface area contributed by atoms with Crippen molar-refractivity contribution < 1.29 is 19.5 Å². The fourth-order valence-electron chi connectivity index (χ4n) is 2.37. The molecule has 1 rings (SSSR count). The minimum atomic E-state index is -1.00. The molecule has 1 atom stereocenters. The molecule has 0 bridgehead atoms. The van der Waals surface area contributed by atoms with Crippen molar-refractivity contribution in [2.24, 2.45) is 0 Å². The van der Waals surface area contributed by atoms with E-state index in [-0.39, 0.29) is 23.3 Å². The molecule has 7 heteroatoms. The predicted molar refractivity (Wildman–Crippen MR) is 86.8 cm³/mol. The molecular formula is C15H26N2O4S. The number of carboxylic acids is 1. The number of piperidine rings is 1. The first-order valence-corrected chi connectivity index (χ1v) is 9.07. The van der Waals surface area contributed by atoms with Crippen LogP contribution in [0.2, 0.25) is 0 Å². The van der Waals surface area contributed by atoms with Gasteiger partial charge in [0, 0.05) is 13.1 Å². The van der Waals surface area contributed by atoms with Crippen molar-refractivity contribution in [2.45, 2.75) is 51.5 Å². The molecule has 6 nitrogen and oxygen atoms in total. The lowest BCUT2D eigenvalue weighted by atomic mass is 10.1. The molecule has 1 saturated heterocycles. The second-order valence-electron chi connectivity index (χ2n) is 5.53. The summed E-state index contributed by atoms with van der Waals surface area (Å²) in [7, 11) is 0. The van der Waals surface area contributed by atoms with Gasteiger partial charge >= 0.3 is 5.97 Å². The van der Waals surface area contributed by atoms with Gasteiger partial charge in [-0.15, -0.1) is 11.8 Å². The van der Waals surface area contributed by atoms with Gasteiger partial charge in [0.25, 0.3) is 0 Å². The van der Waals surface area contributed by atoms with E-state index < -0.39 is 12.0 Å². The number of nitrogens with one attached hydrogen (secondary N) is 1. The zero-order valence-corrected chi connectivity index (χ0v) is 14.0. The summed E-state index contributed by atoms with van der Waals surface area (Å²) in [6.07, 6.45) is 5.36. The second-order valence-corrected chi connectivity index (χ2v) is 6.52. The van der Waals surface area contributed by atoms with E-state index in [0.717, 1.165) is 38.8 Å². The number of nitrogens with zero attached hydrogens (tertiary/aromatic N) is 1. The SMILES string of the molecule is CCCCC(NC(=O)CSCC(=O)N1CCCCC1)C(=O)O. The molecule has 1 unspecified atom stereocenters. The van der Waals surface area contributed by atoms with Crippen molar-refractivity contribution in [3.63, 3.8) is 0 Å². The Morgan fingerprint density at radius 2 is 1.86 bits per heavy atom. The zero-order chi connectivity index (χ0) is 16.4. The number of hydrogen-bond acceptors (Lipinski definition) is 4. The van der Waals surface area contributed by atoms with Crippen molar-refractivity contribution in [1.82, 2.24) is 10.2 Å². The third kappa shape index (κ3) is 7.15. The lowest BCUT2D eigenvalue weighted by Gasteiger charge is -2.26. The summed E-state index contributed by atoms with van der Waals surface area (Å²) in [6, 6.07) is -0.828. The number of aliphatic carboxylic acids is 1. The molecule has 1 aliphatic rings. The number of rotatable bonds is 9. The molecule has 2 amide bonds. The molecular weight excluding hydrogens is 304 g/mol. The molecule has 0 saturated carbocycles. The van der Waals surface area contributed by atoms with Gasteiger partial charge in [0.05, 0.1) is 11.5 Å². The van der Waals surface area contributed by atoms with Gasteiger partial charge in [0.2, 0.25) is 11.8 Å². The van der Waals surface area contributed by atoms with Crippen LogP contribution in [0.3, 0.4) is 0 Å².